The van der Waals surface area contributed by atoms with Gasteiger partial charge in [-0.15, -0.1) is 17.2 Å². The van der Waals surface area contributed by atoms with Gasteiger partial charge >= 0.3 is 21.7 Å². The van der Waals surface area contributed by atoms with Crippen LogP contribution >= 0.6 is 0 Å². The first-order chi connectivity index (χ1) is 14.7. The molecule has 164 valence electrons. The van der Waals surface area contributed by atoms with Crippen LogP contribution in [0.15, 0.2) is 113 Å². The summed E-state index contributed by atoms with van der Waals surface area (Å²) in [6, 6.07) is 25.0. The zero-order chi connectivity index (χ0) is 23.2. The minimum Gasteiger partial charge on any atom is -0.872 e. The van der Waals surface area contributed by atoms with Gasteiger partial charge in [-0.25, -0.2) is 0 Å². The third kappa shape index (κ3) is 11.0. The fraction of sp³-hybridized carbons (Fsp3) is 0.179. The second-order valence-electron chi connectivity index (χ2n) is 7.06. The third-order valence-electron chi connectivity index (χ3n) is 5.04. The van der Waals surface area contributed by atoms with Gasteiger partial charge in [0.1, 0.15) is 0 Å². The Morgan fingerprint density at radius 1 is 0.375 bits per heavy atom. The molecule has 0 heterocycles. The van der Waals surface area contributed by atoms with Gasteiger partial charge in [-0.05, 0) is 38.8 Å². The van der Waals surface area contributed by atoms with Gasteiger partial charge in [0.25, 0.3) is 0 Å². The number of hydrogen-bond donors (Lipinski definition) is 0. The average Bonchev–Trinajstić information content (AvgIpc) is 2.94. The summed E-state index contributed by atoms with van der Waals surface area (Å²) in [6.45, 7) is 11.0. The van der Waals surface area contributed by atoms with Gasteiger partial charge in [0.15, 0.2) is 0 Å². The molecule has 0 fully saturated rings. The average molecular weight is 462 g/mol. The van der Waals surface area contributed by atoms with Crippen LogP contribution in [0.1, 0.15) is 34.6 Å². The van der Waals surface area contributed by atoms with Gasteiger partial charge in [0, 0.05) is 5.92 Å². The molecule has 3 aromatic rings. The van der Waals surface area contributed by atoms with E-state index in [0.717, 1.165) is 0 Å². The van der Waals surface area contributed by atoms with Gasteiger partial charge in [0.2, 0.25) is 0 Å². The molecule has 4 heteroatoms. The summed E-state index contributed by atoms with van der Waals surface area (Å²) in [7, 11) is 0. The minimum absolute atomic E-state index is 0. The van der Waals surface area contributed by atoms with Crippen LogP contribution in [-0.2, 0) is 21.7 Å². The van der Waals surface area contributed by atoms with Crippen LogP contribution in [0.25, 0.3) is 0 Å². The summed E-state index contributed by atoms with van der Waals surface area (Å²) >= 11 is 0. The molecule has 0 amide bonds. The summed E-state index contributed by atoms with van der Waals surface area (Å²) < 4.78 is 0. The predicted molar refractivity (Wildman–Crippen MR) is 123 cm³/mol. The molecule has 0 spiro atoms. The fourth-order valence-electron chi connectivity index (χ4n) is 2.67. The maximum atomic E-state index is 10.3. The Bertz CT molecular complexity index is 837. The Balaban J connectivity index is 0.000000401. The molecule has 1 aliphatic rings. The maximum Gasteiger partial charge on any atom is 3.00 e. The Labute approximate surface area is 207 Å². The van der Waals surface area contributed by atoms with Crippen LogP contribution in [0, 0.1) is 5.92 Å². The van der Waals surface area contributed by atoms with Crippen molar-refractivity contribution in [2.45, 2.75) is 34.6 Å². The normalized spacial score (nSPS) is 12.3. The molecule has 0 N–H and O–H groups in total. The first-order valence-electron chi connectivity index (χ1n) is 10.1. The monoisotopic (exact) mass is 462 g/mol. The first-order valence-corrected chi connectivity index (χ1v) is 10.1. The molecule has 0 atom stereocenters. The molecule has 0 saturated heterocycles. The summed E-state index contributed by atoms with van der Waals surface area (Å²) in [5.41, 5.74) is 5.87. The van der Waals surface area contributed by atoms with E-state index < -0.39 is 0 Å². The number of benzene rings is 3. The van der Waals surface area contributed by atoms with Crippen molar-refractivity contribution in [3.8, 4) is 17.2 Å². The van der Waals surface area contributed by atoms with Crippen LogP contribution in [-0.4, -0.2) is 0 Å². The van der Waals surface area contributed by atoms with Crippen molar-refractivity contribution >= 4 is 0 Å². The molecule has 32 heavy (non-hydrogen) atoms. The van der Waals surface area contributed by atoms with Crippen molar-refractivity contribution < 1.29 is 37.0 Å². The van der Waals surface area contributed by atoms with E-state index in [-0.39, 0.29) is 39.0 Å². The van der Waals surface area contributed by atoms with Crippen molar-refractivity contribution in [3.05, 3.63) is 119 Å². The molecule has 0 aliphatic heterocycles. The Hall–Kier alpha value is -2.75. The third-order valence-corrected chi connectivity index (χ3v) is 5.04. The largest absolute Gasteiger partial charge is 3.00 e. The topological polar surface area (TPSA) is 69.2 Å². The van der Waals surface area contributed by atoms with Crippen LogP contribution in [0.4, 0.5) is 0 Å². The molecular weight excluding hydrogens is 432 g/mol. The van der Waals surface area contributed by atoms with Crippen molar-refractivity contribution in [2.24, 2.45) is 0 Å². The Morgan fingerprint density at radius 3 is 0.688 bits per heavy atom. The second-order valence-corrected chi connectivity index (χ2v) is 7.06. The summed E-state index contributed by atoms with van der Waals surface area (Å²) in [4.78, 5) is 0. The van der Waals surface area contributed by atoms with E-state index in [2.05, 4.69) is 34.6 Å². The van der Waals surface area contributed by atoms with Gasteiger partial charge < -0.3 is 15.3 Å². The summed E-state index contributed by atoms with van der Waals surface area (Å²) in [5, 5.41) is 30.8. The number of hydrogen-bond acceptors (Lipinski definition) is 3. The molecule has 4 rings (SSSR count). The number of rotatable bonds is 0. The smallest absolute Gasteiger partial charge is 0.872 e. The zero-order valence-electron chi connectivity index (χ0n) is 19.4. The fourth-order valence-corrected chi connectivity index (χ4v) is 2.67. The second kappa shape index (κ2) is 16.0. The maximum absolute atomic E-state index is 10.3. The van der Waals surface area contributed by atoms with Crippen LogP contribution in [0.2, 0.25) is 0 Å². The van der Waals surface area contributed by atoms with Crippen LogP contribution in [0.3, 0.4) is 0 Å². The molecule has 2 radical (unpaired) electrons. The number of para-hydroxylation sites is 3. The van der Waals surface area contributed by atoms with Crippen molar-refractivity contribution in [1.82, 2.24) is 0 Å². The van der Waals surface area contributed by atoms with Gasteiger partial charge in [-0.3, -0.25) is 0 Å². The molecule has 3 nitrogen and oxygen atoms in total. The van der Waals surface area contributed by atoms with Crippen LogP contribution in [0.5, 0.6) is 17.2 Å². The van der Waals surface area contributed by atoms with Crippen LogP contribution < -0.4 is 15.3 Å². The zero-order valence-corrected chi connectivity index (χ0v) is 20.9. The number of allylic oxidation sites excluding steroid dienone is 4. The van der Waals surface area contributed by atoms with E-state index in [1.165, 1.54) is 64.6 Å². The quantitative estimate of drug-likeness (QED) is 0.412. The van der Waals surface area contributed by atoms with Crippen molar-refractivity contribution in [3.63, 3.8) is 0 Å². The molecule has 3 aromatic carbocycles. The Kier molecular flexibility index (Phi) is 14.6. The van der Waals surface area contributed by atoms with Gasteiger partial charge in [0.05, 0.1) is 0 Å². The van der Waals surface area contributed by atoms with Crippen molar-refractivity contribution in [1.29, 1.82) is 0 Å². The SMILES string of the molecule is C[C]1C(C)=C(C)C(C)=C1C.[O-]c1ccccc1.[O-]c1ccccc1.[O-]c1ccccc1.[Ti+3]. The molecule has 0 saturated carbocycles. The molecule has 0 aromatic heterocycles. The standard InChI is InChI=1S/C10H15.3C6H6O.Ti/c1-6-7(2)9(4)10(5)8(6)3;3*7-6-4-2-1-3-5-6;/h1-5H3;3*1-5,7H;/q;;;;+3/p-3. The Morgan fingerprint density at radius 2 is 0.594 bits per heavy atom. The van der Waals surface area contributed by atoms with E-state index in [0.29, 0.717) is 0 Å². The molecular formula is C28H30O3Ti. The van der Waals surface area contributed by atoms with Crippen molar-refractivity contribution in [2.75, 3.05) is 0 Å². The van der Waals surface area contributed by atoms with Gasteiger partial charge in [-0.1, -0.05) is 109 Å². The van der Waals surface area contributed by atoms with Gasteiger partial charge in [-0.2, -0.15) is 0 Å². The van der Waals surface area contributed by atoms with E-state index >= 15 is 0 Å². The summed E-state index contributed by atoms with van der Waals surface area (Å²) in [6.07, 6.45) is 0. The predicted octanol–water partition coefficient (Wildman–Crippen LogP) is 5.55. The summed E-state index contributed by atoms with van der Waals surface area (Å²) in [5.74, 6) is 1.68. The molecule has 0 bridgehead atoms. The minimum atomic E-state index is 0. The van der Waals surface area contributed by atoms with E-state index in [9.17, 15) is 15.3 Å². The van der Waals surface area contributed by atoms with E-state index in [4.69, 9.17) is 0 Å². The molecule has 0 unspecified atom stereocenters. The first kappa shape index (κ1) is 29.3. The van der Waals surface area contributed by atoms with E-state index in [1.54, 1.807) is 36.4 Å². The molecule has 1 aliphatic carbocycles. The van der Waals surface area contributed by atoms with E-state index in [1.807, 2.05) is 18.2 Å².